The molecule has 2 amide bonds. The maximum Gasteiger partial charge on any atom is 0.242 e. The Morgan fingerprint density at radius 3 is 2.74 bits per heavy atom. The fraction of sp³-hybridized carbons (Fsp3) is 0.462. The Morgan fingerprint density at radius 2 is 2.16 bits per heavy atom. The zero-order valence-electron chi connectivity index (χ0n) is 11.4. The van der Waals surface area contributed by atoms with Crippen molar-refractivity contribution in [2.24, 2.45) is 11.0 Å². The van der Waals surface area contributed by atoms with Gasteiger partial charge in [-0.2, -0.15) is 5.10 Å². The first-order valence-electron chi connectivity index (χ1n) is 6.11. The van der Waals surface area contributed by atoms with Crippen molar-refractivity contribution in [3.8, 4) is 0 Å². The highest BCUT2D eigenvalue weighted by Gasteiger charge is 2.07. The fourth-order valence-electron chi connectivity index (χ4n) is 1.21. The third-order valence-corrected chi connectivity index (χ3v) is 2.34. The molecule has 1 rings (SSSR count). The van der Waals surface area contributed by atoms with Crippen LogP contribution in [0, 0.1) is 5.92 Å². The smallest absolute Gasteiger partial charge is 0.242 e. The molecule has 0 aliphatic carbocycles. The van der Waals surface area contributed by atoms with Crippen LogP contribution in [0.2, 0.25) is 0 Å². The van der Waals surface area contributed by atoms with E-state index in [2.05, 4.69) is 15.8 Å². The van der Waals surface area contributed by atoms with Crippen LogP contribution in [0.5, 0.6) is 0 Å². The van der Waals surface area contributed by atoms with Crippen molar-refractivity contribution >= 4 is 17.5 Å². The molecule has 0 aliphatic rings. The average molecular weight is 265 g/mol. The van der Waals surface area contributed by atoms with Gasteiger partial charge >= 0.3 is 0 Å². The Hall–Kier alpha value is -2.11. The molecule has 6 nitrogen and oxygen atoms in total. The highest BCUT2D eigenvalue weighted by Crippen LogP contribution is 1.99. The molecule has 0 saturated heterocycles. The highest BCUT2D eigenvalue weighted by atomic mass is 16.3. The molecular weight excluding hydrogens is 246 g/mol. The van der Waals surface area contributed by atoms with Gasteiger partial charge in [-0.3, -0.25) is 9.59 Å². The zero-order valence-corrected chi connectivity index (χ0v) is 11.4. The Morgan fingerprint density at radius 1 is 1.42 bits per heavy atom. The first-order valence-corrected chi connectivity index (χ1v) is 6.11. The van der Waals surface area contributed by atoms with Crippen LogP contribution in [0.25, 0.3) is 0 Å². The third kappa shape index (κ3) is 5.85. The molecular formula is C13H19N3O3. The van der Waals surface area contributed by atoms with Gasteiger partial charge in [0.1, 0.15) is 5.76 Å². The second kappa shape index (κ2) is 7.35. The van der Waals surface area contributed by atoms with E-state index in [0.29, 0.717) is 18.0 Å². The van der Waals surface area contributed by atoms with Crippen LogP contribution in [0.3, 0.4) is 0 Å². The van der Waals surface area contributed by atoms with Crippen molar-refractivity contribution in [1.29, 1.82) is 0 Å². The minimum Gasteiger partial charge on any atom is -0.467 e. The molecule has 0 bridgehead atoms. The lowest BCUT2D eigenvalue weighted by molar-refractivity contribution is -0.124. The minimum absolute atomic E-state index is 0.135. The molecule has 1 aromatic rings. The van der Waals surface area contributed by atoms with Crippen LogP contribution in [-0.2, 0) is 16.1 Å². The largest absolute Gasteiger partial charge is 0.467 e. The van der Waals surface area contributed by atoms with E-state index >= 15 is 0 Å². The number of hydrogen-bond donors (Lipinski definition) is 2. The number of carbonyl (C=O) groups is 2. The number of rotatable bonds is 6. The first kappa shape index (κ1) is 14.9. The minimum atomic E-state index is -0.171. The van der Waals surface area contributed by atoms with Crippen LogP contribution in [0.4, 0.5) is 0 Å². The second-order valence-corrected chi connectivity index (χ2v) is 4.51. The van der Waals surface area contributed by atoms with Gasteiger partial charge in [0.2, 0.25) is 11.8 Å². The van der Waals surface area contributed by atoms with Gasteiger partial charge in [0, 0.05) is 11.6 Å². The molecule has 104 valence electrons. The summed E-state index contributed by atoms with van der Waals surface area (Å²) in [5.41, 5.74) is 2.95. The van der Waals surface area contributed by atoms with E-state index in [4.69, 9.17) is 4.42 Å². The summed E-state index contributed by atoms with van der Waals surface area (Å²) in [5.74, 6) is 0.215. The van der Waals surface area contributed by atoms with Gasteiger partial charge in [-0.05, 0) is 19.1 Å². The summed E-state index contributed by atoms with van der Waals surface area (Å²) in [6.45, 7) is 5.58. The van der Waals surface area contributed by atoms with E-state index in [9.17, 15) is 9.59 Å². The predicted octanol–water partition coefficient (Wildman–Crippen LogP) is 1.43. The van der Waals surface area contributed by atoms with Crippen molar-refractivity contribution in [3.05, 3.63) is 24.2 Å². The van der Waals surface area contributed by atoms with Gasteiger partial charge < -0.3 is 9.73 Å². The van der Waals surface area contributed by atoms with Crippen molar-refractivity contribution in [2.45, 2.75) is 33.7 Å². The van der Waals surface area contributed by atoms with E-state index in [-0.39, 0.29) is 24.2 Å². The Balaban J connectivity index is 2.31. The third-order valence-electron chi connectivity index (χ3n) is 2.34. The van der Waals surface area contributed by atoms with Crippen molar-refractivity contribution < 1.29 is 14.0 Å². The van der Waals surface area contributed by atoms with Gasteiger partial charge in [-0.25, -0.2) is 5.43 Å². The number of nitrogens with one attached hydrogen (secondary N) is 2. The quantitative estimate of drug-likeness (QED) is 0.603. The van der Waals surface area contributed by atoms with Gasteiger partial charge in [0.15, 0.2) is 0 Å². The number of amides is 2. The second-order valence-electron chi connectivity index (χ2n) is 4.51. The normalized spacial score (nSPS) is 11.5. The summed E-state index contributed by atoms with van der Waals surface area (Å²) >= 11 is 0. The maximum absolute atomic E-state index is 11.6. The lowest BCUT2D eigenvalue weighted by Gasteiger charge is -2.05. The number of hydrogen-bond acceptors (Lipinski definition) is 4. The van der Waals surface area contributed by atoms with Crippen molar-refractivity contribution in [3.63, 3.8) is 0 Å². The zero-order chi connectivity index (χ0) is 14.3. The predicted molar refractivity (Wildman–Crippen MR) is 71.3 cm³/mol. The SMILES string of the molecule is C/C(CC(=O)NCc1ccco1)=N/NC(=O)C(C)C. The molecule has 2 N–H and O–H groups in total. The van der Waals surface area contributed by atoms with Crippen LogP contribution in [0.15, 0.2) is 27.9 Å². The topological polar surface area (TPSA) is 83.7 Å². The molecule has 6 heteroatoms. The molecule has 0 atom stereocenters. The number of hydrazone groups is 1. The standard InChI is InChI=1S/C13H19N3O3/c1-9(2)13(18)16-15-10(3)7-12(17)14-8-11-5-4-6-19-11/h4-6,9H,7-8H2,1-3H3,(H,14,17)(H,16,18)/b15-10-. The van der Waals surface area contributed by atoms with E-state index in [1.807, 2.05) is 0 Å². The van der Waals surface area contributed by atoms with E-state index < -0.39 is 0 Å². The van der Waals surface area contributed by atoms with Gasteiger partial charge in [0.25, 0.3) is 0 Å². The monoisotopic (exact) mass is 265 g/mol. The molecule has 1 heterocycles. The van der Waals surface area contributed by atoms with E-state index in [0.717, 1.165) is 0 Å². The number of carbonyl (C=O) groups excluding carboxylic acids is 2. The molecule has 0 unspecified atom stereocenters. The molecule has 1 aromatic heterocycles. The number of nitrogens with zero attached hydrogens (tertiary/aromatic N) is 1. The van der Waals surface area contributed by atoms with Crippen LogP contribution in [-0.4, -0.2) is 17.5 Å². The van der Waals surface area contributed by atoms with Crippen LogP contribution in [0.1, 0.15) is 33.0 Å². The Labute approximate surface area is 112 Å². The summed E-state index contributed by atoms with van der Waals surface area (Å²) in [6, 6.07) is 3.54. The summed E-state index contributed by atoms with van der Waals surface area (Å²) < 4.78 is 5.09. The van der Waals surface area contributed by atoms with Crippen LogP contribution < -0.4 is 10.7 Å². The molecule has 0 radical (unpaired) electrons. The Kier molecular flexibility index (Phi) is 5.78. The molecule has 0 aliphatic heterocycles. The van der Waals surface area contributed by atoms with E-state index in [1.54, 1.807) is 39.2 Å². The molecule has 19 heavy (non-hydrogen) atoms. The average Bonchev–Trinajstić information content (AvgIpc) is 2.86. The van der Waals surface area contributed by atoms with Gasteiger partial charge in [-0.15, -0.1) is 0 Å². The van der Waals surface area contributed by atoms with Crippen molar-refractivity contribution in [2.75, 3.05) is 0 Å². The summed E-state index contributed by atoms with van der Waals surface area (Å²) in [6.07, 6.45) is 1.69. The maximum atomic E-state index is 11.6. The number of furan rings is 1. The Bertz CT molecular complexity index is 450. The molecule has 0 aromatic carbocycles. The molecule has 0 spiro atoms. The lowest BCUT2D eigenvalue weighted by Crippen LogP contribution is -2.27. The van der Waals surface area contributed by atoms with Crippen LogP contribution >= 0.6 is 0 Å². The fourth-order valence-corrected chi connectivity index (χ4v) is 1.21. The molecule has 0 saturated carbocycles. The van der Waals surface area contributed by atoms with E-state index in [1.165, 1.54) is 0 Å². The van der Waals surface area contributed by atoms with Gasteiger partial charge in [0.05, 0.1) is 19.2 Å². The highest BCUT2D eigenvalue weighted by molar-refractivity contribution is 6.00. The molecule has 0 fully saturated rings. The lowest BCUT2D eigenvalue weighted by atomic mass is 10.2. The van der Waals surface area contributed by atoms with Gasteiger partial charge in [-0.1, -0.05) is 13.8 Å². The summed E-state index contributed by atoms with van der Waals surface area (Å²) in [5, 5.41) is 6.56. The van der Waals surface area contributed by atoms with Crippen molar-refractivity contribution in [1.82, 2.24) is 10.7 Å². The summed E-state index contributed by atoms with van der Waals surface area (Å²) in [4.78, 5) is 22.9. The summed E-state index contributed by atoms with van der Waals surface area (Å²) in [7, 11) is 0. The first-order chi connectivity index (χ1) is 8.99.